The van der Waals surface area contributed by atoms with Crippen molar-refractivity contribution in [3.63, 3.8) is 0 Å². The van der Waals surface area contributed by atoms with Crippen LogP contribution in [0, 0.1) is 23.2 Å². The predicted molar refractivity (Wildman–Crippen MR) is 161 cm³/mol. The second kappa shape index (κ2) is 17.3. The highest BCUT2D eigenvalue weighted by Crippen LogP contribution is 2.20. The molecular formula is C30H40N8O3. The Balaban J connectivity index is 1.96. The zero-order valence-electron chi connectivity index (χ0n) is 24.8. The first kappa shape index (κ1) is 32.8. The molecule has 0 saturated heterocycles. The first-order valence-corrected chi connectivity index (χ1v) is 13.3. The van der Waals surface area contributed by atoms with Gasteiger partial charge in [0.2, 0.25) is 17.8 Å². The normalized spacial score (nSPS) is 11.4. The molecule has 2 N–H and O–H groups in total. The maximum absolute atomic E-state index is 12.5. The molecule has 2 rings (SSSR count). The van der Waals surface area contributed by atoms with E-state index in [4.69, 9.17) is 10.00 Å². The largest absolute Gasteiger partial charge is 0.383 e. The van der Waals surface area contributed by atoms with E-state index < -0.39 is 6.04 Å². The van der Waals surface area contributed by atoms with E-state index in [0.717, 1.165) is 5.69 Å². The van der Waals surface area contributed by atoms with Crippen molar-refractivity contribution >= 4 is 29.3 Å². The molecule has 0 unspecified atom stereocenters. The van der Waals surface area contributed by atoms with E-state index in [1.165, 1.54) is 11.0 Å². The molecule has 41 heavy (non-hydrogen) atoms. The maximum Gasteiger partial charge on any atom is 0.246 e. The Kier molecular flexibility index (Phi) is 13.8. The van der Waals surface area contributed by atoms with Gasteiger partial charge in [-0.05, 0) is 51.7 Å². The third kappa shape index (κ3) is 11.3. The molecule has 0 radical (unpaired) electrons. The van der Waals surface area contributed by atoms with E-state index in [0.29, 0.717) is 62.0 Å². The first-order chi connectivity index (χ1) is 19.7. The fourth-order valence-corrected chi connectivity index (χ4v) is 3.45. The summed E-state index contributed by atoms with van der Waals surface area (Å²) in [7, 11) is 9.01. The lowest BCUT2D eigenvalue weighted by molar-refractivity contribution is -0.135. The van der Waals surface area contributed by atoms with Crippen LogP contribution in [0.25, 0.3) is 0 Å². The zero-order valence-corrected chi connectivity index (χ0v) is 24.8. The van der Waals surface area contributed by atoms with Gasteiger partial charge in [-0.3, -0.25) is 9.59 Å². The summed E-state index contributed by atoms with van der Waals surface area (Å²) in [5.41, 5.74) is 2.01. The molecule has 1 aromatic heterocycles. The van der Waals surface area contributed by atoms with Crippen molar-refractivity contribution in [1.29, 1.82) is 5.26 Å². The van der Waals surface area contributed by atoms with Gasteiger partial charge in [-0.25, -0.2) is 4.98 Å². The highest BCUT2D eigenvalue weighted by molar-refractivity contribution is 5.92. The van der Waals surface area contributed by atoms with Gasteiger partial charge in [-0.1, -0.05) is 17.9 Å². The molecule has 11 heteroatoms. The molecule has 0 aliphatic rings. The van der Waals surface area contributed by atoms with Gasteiger partial charge in [0.05, 0.1) is 30.0 Å². The highest BCUT2D eigenvalue weighted by atomic mass is 16.5. The average molecular weight is 561 g/mol. The van der Waals surface area contributed by atoms with Crippen molar-refractivity contribution in [2.45, 2.75) is 25.8 Å². The number of benzene rings is 1. The van der Waals surface area contributed by atoms with Crippen LogP contribution < -0.4 is 15.5 Å². The lowest BCUT2D eigenvalue weighted by atomic mass is 10.2. The molecule has 0 bridgehead atoms. The van der Waals surface area contributed by atoms with Crippen LogP contribution in [0.2, 0.25) is 0 Å². The molecule has 1 heterocycles. The standard InChI is InChI=1S/C30H40N8O3/c1-23(38(5)27(39)12-10-18-36(2)3)29(40)32-17-9-7-8-11-25-22-33-30(35-28(25)37(4)19-20-41-6)34-26-15-13-24(21-31)14-16-26/h10,12-16,22-23H,7,9,17-20H2,1-6H3,(H,32,40)(H,33,34,35)/b12-10+/t23-/m0/s1. The van der Waals surface area contributed by atoms with E-state index in [1.54, 1.807) is 57.6 Å². The summed E-state index contributed by atoms with van der Waals surface area (Å²) in [4.78, 5) is 39.2. The number of nitriles is 1. The fraction of sp³-hybridized carbons (Fsp3) is 0.433. The average Bonchev–Trinajstić information content (AvgIpc) is 2.97. The Bertz CT molecular complexity index is 1280. The molecule has 1 atom stereocenters. The predicted octanol–water partition coefficient (Wildman–Crippen LogP) is 2.39. The molecule has 11 nitrogen and oxygen atoms in total. The quantitative estimate of drug-likeness (QED) is 0.203. The second-order valence-electron chi connectivity index (χ2n) is 9.65. The van der Waals surface area contributed by atoms with Crippen LogP contribution >= 0.6 is 0 Å². The van der Waals surface area contributed by atoms with Gasteiger partial charge in [0, 0.05) is 59.0 Å². The number of unbranched alkanes of at least 4 members (excludes halogenated alkanes) is 1. The van der Waals surface area contributed by atoms with Gasteiger partial charge in [-0.15, -0.1) is 0 Å². The number of methoxy groups -OCH3 is 1. The Hall–Kier alpha value is -4.45. The van der Waals surface area contributed by atoms with Crippen LogP contribution in [0.3, 0.4) is 0 Å². The summed E-state index contributed by atoms with van der Waals surface area (Å²) < 4.78 is 5.21. The number of rotatable bonds is 14. The zero-order chi connectivity index (χ0) is 30.2. The number of nitrogens with one attached hydrogen (secondary N) is 2. The van der Waals surface area contributed by atoms with Crippen molar-refractivity contribution in [1.82, 2.24) is 25.1 Å². The summed E-state index contributed by atoms with van der Waals surface area (Å²) >= 11 is 0. The molecule has 0 fully saturated rings. The monoisotopic (exact) mass is 560 g/mol. The number of amides is 2. The Morgan fingerprint density at radius 1 is 1.17 bits per heavy atom. The lowest BCUT2D eigenvalue weighted by Gasteiger charge is -2.23. The first-order valence-electron chi connectivity index (χ1n) is 13.3. The minimum atomic E-state index is -0.587. The molecule has 0 aliphatic carbocycles. The molecule has 0 aliphatic heterocycles. The Labute approximate surface area is 243 Å². The number of hydrogen-bond acceptors (Lipinski definition) is 9. The molecular weight excluding hydrogens is 520 g/mol. The van der Waals surface area contributed by atoms with Crippen LogP contribution in [0.1, 0.15) is 30.9 Å². The lowest BCUT2D eigenvalue weighted by Crippen LogP contribution is -2.45. The summed E-state index contributed by atoms with van der Waals surface area (Å²) in [5.74, 6) is 6.94. The van der Waals surface area contributed by atoms with Crippen LogP contribution in [0.5, 0.6) is 0 Å². The van der Waals surface area contributed by atoms with Crippen LogP contribution in [-0.2, 0) is 14.3 Å². The SMILES string of the molecule is COCCN(C)c1nc(Nc2ccc(C#N)cc2)ncc1C#CCCCNC(=O)[C@H](C)N(C)C(=O)/C=C/CN(C)C. The molecule has 1 aromatic carbocycles. The minimum absolute atomic E-state index is 0.212. The van der Waals surface area contributed by atoms with Gasteiger partial charge < -0.3 is 30.1 Å². The van der Waals surface area contributed by atoms with Crippen molar-refractivity contribution < 1.29 is 14.3 Å². The summed E-state index contributed by atoms with van der Waals surface area (Å²) in [6.07, 6.45) is 6.14. The van der Waals surface area contributed by atoms with E-state index in [-0.39, 0.29) is 11.8 Å². The van der Waals surface area contributed by atoms with Gasteiger partial charge in [0.25, 0.3) is 0 Å². The number of ether oxygens (including phenoxy) is 1. The van der Waals surface area contributed by atoms with E-state index in [2.05, 4.69) is 38.5 Å². The number of nitrogens with zero attached hydrogens (tertiary/aromatic N) is 6. The van der Waals surface area contributed by atoms with Gasteiger partial charge in [0.15, 0.2) is 0 Å². The maximum atomic E-state index is 12.5. The fourth-order valence-electron chi connectivity index (χ4n) is 3.45. The number of aromatic nitrogens is 2. The van der Waals surface area contributed by atoms with Crippen molar-refractivity contribution in [3.05, 3.63) is 53.7 Å². The second-order valence-corrected chi connectivity index (χ2v) is 9.65. The van der Waals surface area contributed by atoms with Crippen molar-refractivity contribution in [2.75, 3.05) is 71.8 Å². The molecule has 0 saturated carbocycles. The van der Waals surface area contributed by atoms with Crippen LogP contribution in [0.15, 0.2) is 42.6 Å². The number of anilines is 3. The Morgan fingerprint density at radius 2 is 1.90 bits per heavy atom. The minimum Gasteiger partial charge on any atom is -0.383 e. The van der Waals surface area contributed by atoms with Gasteiger partial charge in [-0.2, -0.15) is 10.2 Å². The van der Waals surface area contributed by atoms with E-state index >= 15 is 0 Å². The van der Waals surface area contributed by atoms with Crippen molar-refractivity contribution in [2.24, 2.45) is 0 Å². The van der Waals surface area contributed by atoms with E-state index in [9.17, 15) is 9.59 Å². The topological polar surface area (TPSA) is 127 Å². The van der Waals surface area contributed by atoms with Crippen molar-refractivity contribution in [3.8, 4) is 17.9 Å². The van der Waals surface area contributed by atoms with Gasteiger partial charge >= 0.3 is 0 Å². The third-order valence-electron chi connectivity index (χ3n) is 6.07. The molecule has 218 valence electrons. The highest BCUT2D eigenvalue weighted by Gasteiger charge is 2.20. The number of carbonyl (C=O) groups is 2. The number of hydrogen-bond donors (Lipinski definition) is 2. The smallest absolute Gasteiger partial charge is 0.246 e. The van der Waals surface area contributed by atoms with Crippen LogP contribution in [0.4, 0.5) is 17.5 Å². The van der Waals surface area contributed by atoms with Gasteiger partial charge in [0.1, 0.15) is 11.9 Å². The third-order valence-corrected chi connectivity index (χ3v) is 6.07. The molecule has 2 aromatic rings. The summed E-state index contributed by atoms with van der Waals surface area (Å²) in [6.45, 7) is 3.94. The Morgan fingerprint density at radius 3 is 2.56 bits per heavy atom. The molecule has 0 spiro atoms. The summed E-state index contributed by atoms with van der Waals surface area (Å²) in [5, 5.41) is 15.0. The van der Waals surface area contributed by atoms with E-state index in [1.807, 2.05) is 30.9 Å². The van der Waals surface area contributed by atoms with Crippen LogP contribution in [-0.4, -0.2) is 99.2 Å². The summed E-state index contributed by atoms with van der Waals surface area (Å²) in [6, 6.07) is 8.54. The number of likely N-dealkylation sites (N-methyl/N-ethyl adjacent to an activating group) is 3. The molecule has 2 amide bonds. The number of carbonyl (C=O) groups excluding carboxylic acids is 2.